The van der Waals surface area contributed by atoms with Crippen molar-refractivity contribution in [3.63, 3.8) is 0 Å². The van der Waals surface area contributed by atoms with Crippen molar-refractivity contribution in [3.8, 4) is 17.2 Å². The summed E-state index contributed by atoms with van der Waals surface area (Å²) in [6.07, 6.45) is 1.20. The molecule has 2 unspecified atom stereocenters. The average Bonchev–Trinajstić information content (AvgIpc) is 2.70. The maximum Gasteiger partial charge on any atom is 0.132 e. The number of benzene rings is 1. The highest BCUT2D eigenvalue weighted by Crippen LogP contribution is 2.45. The number of rotatable bonds is 5. The molecule has 0 saturated carbocycles. The van der Waals surface area contributed by atoms with Gasteiger partial charge in [-0.15, -0.1) is 0 Å². The van der Waals surface area contributed by atoms with E-state index in [1.54, 1.807) is 14.2 Å². The Morgan fingerprint density at radius 2 is 2.06 bits per heavy atom. The van der Waals surface area contributed by atoms with Crippen LogP contribution in [0.4, 0.5) is 0 Å². The van der Waals surface area contributed by atoms with E-state index >= 15 is 0 Å². The molecule has 1 N–H and O–H groups in total. The molecule has 0 fully saturated rings. The number of fused-ring (bicyclic) bond motifs is 1. The molecular formula is C14H21NO3. The number of hydrogen-bond acceptors (Lipinski definition) is 4. The smallest absolute Gasteiger partial charge is 0.132 e. The summed E-state index contributed by atoms with van der Waals surface area (Å²) in [5.41, 5.74) is 1.10. The first-order chi connectivity index (χ1) is 8.71. The van der Waals surface area contributed by atoms with Crippen LogP contribution in [0.25, 0.3) is 0 Å². The van der Waals surface area contributed by atoms with Crippen molar-refractivity contribution < 1.29 is 14.2 Å². The summed E-state index contributed by atoms with van der Waals surface area (Å²) in [5, 5.41) is 3.50. The van der Waals surface area contributed by atoms with E-state index in [-0.39, 0.29) is 12.1 Å². The van der Waals surface area contributed by atoms with Crippen LogP contribution in [0.3, 0.4) is 0 Å². The Balaban J connectivity index is 2.37. The summed E-state index contributed by atoms with van der Waals surface area (Å²) >= 11 is 0. The van der Waals surface area contributed by atoms with Crippen molar-refractivity contribution in [2.24, 2.45) is 0 Å². The van der Waals surface area contributed by atoms with Gasteiger partial charge >= 0.3 is 0 Å². The van der Waals surface area contributed by atoms with Gasteiger partial charge in [0.1, 0.15) is 23.4 Å². The molecule has 4 nitrogen and oxygen atoms in total. The molecule has 4 heteroatoms. The van der Waals surface area contributed by atoms with Gasteiger partial charge in [0.15, 0.2) is 0 Å². The fourth-order valence-electron chi connectivity index (χ4n) is 2.34. The predicted octanol–water partition coefficient (Wildman–Crippen LogP) is 2.53. The van der Waals surface area contributed by atoms with Crippen LogP contribution < -0.4 is 19.5 Å². The first-order valence-electron chi connectivity index (χ1n) is 6.37. The standard InChI is InChI=1S/C14H21NO3/c1-5-6-15-14-9(2)18-12-8-10(16-3)7-11(17-4)13(12)14/h7-9,14-15H,5-6H2,1-4H3. The molecule has 2 atom stereocenters. The quantitative estimate of drug-likeness (QED) is 0.873. The van der Waals surface area contributed by atoms with E-state index in [1.807, 2.05) is 12.1 Å². The van der Waals surface area contributed by atoms with E-state index in [2.05, 4.69) is 19.2 Å². The minimum absolute atomic E-state index is 0.104. The fraction of sp³-hybridized carbons (Fsp3) is 0.571. The van der Waals surface area contributed by atoms with E-state index in [0.717, 1.165) is 35.8 Å². The Morgan fingerprint density at radius 1 is 1.28 bits per heavy atom. The van der Waals surface area contributed by atoms with Crippen LogP contribution in [0.2, 0.25) is 0 Å². The number of nitrogens with one attached hydrogen (secondary N) is 1. The summed E-state index contributed by atoms with van der Waals surface area (Å²) in [5.74, 6) is 2.43. The third-order valence-electron chi connectivity index (χ3n) is 3.24. The van der Waals surface area contributed by atoms with Crippen molar-refractivity contribution in [3.05, 3.63) is 17.7 Å². The summed E-state index contributed by atoms with van der Waals surface area (Å²) in [6.45, 7) is 5.19. The number of ether oxygens (including phenoxy) is 3. The molecule has 0 aromatic heterocycles. The SMILES string of the molecule is CCCNC1c2c(OC)cc(OC)cc2OC1C. The zero-order valence-electron chi connectivity index (χ0n) is 11.4. The highest BCUT2D eigenvalue weighted by molar-refractivity contribution is 5.54. The van der Waals surface area contributed by atoms with Gasteiger partial charge in [-0.05, 0) is 19.9 Å². The second-order valence-electron chi connectivity index (χ2n) is 4.50. The monoisotopic (exact) mass is 251 g/mol. The first kappa shape index (κ1) is 13.0. The van der Waals surface area contributed by atoms with E-state index in [4.69, 9.17) is 14.2 Å². The first-order valence-corrected chi connectivity index (χ1v) is 6.37. The van der Waals surface area contributed by atoms with E-state index in [9.17, 15) is 0 Å². The Labute approximate surface area is 108 Å². The number of hydrogen-bond donors (Lipinski definition) is 1. The van der Waals surface area contributed by atoms with Gasteiger partial charge < -0.3 is 19.5 Å². The molecule has 0 spiro atoms. The Morgan fingerprint density at radius 3 is 2.67 bits per heavy atom. The summed E-state index contributed by atoms with van der Waals surface area (Å²) < 4.78 is 16.6. The van der Waals surface area contributed by atoms with Gasteiger partial charge in [-0.25, -0.2) is 0 Å². The lowest BCUT2D eigenvalue weighted by molar-refractivity contribution is 0.209. The van der Waals surface area contributed by atoms with Gasteiger partial charge in [-0.3, -0.25) is 0 Å². The van der Waals surface area contributed by atoms with E-state index in [1.165, 1.54) is 0 Å². The van der Waals surface area contributed by atoms with Crippen molar-refractivity contribution >= 4 is 0 Å². The van der Waals surface area contributed by atoms with Crippen molar-refractivity contribution in [1.29, 1.82) is 0 Å². The van der Waals surface area contributed by atoms with Gasteiger partial charge in [-0.2, -0.15) is 0 Å². The molecule has 100 valence electrons. The average molecular weight is 251 g/mol. The summed E-state index contributed by atoms with van der Waals surface area (Å²) in [4.78, 5) is 0. The molecule has 0 bridgehead atoms. The second-order valence-corrected chi connectivity index (χ2v) is 4.50. The van der Waals surface area contributed by atoms with Crippen molar-refractivity contribution in [2.45, 2.75) is 32.4 Å². The van der Waals surface area contributed by atoms with Crippen LogP contribution in [0.15, 0.2) is 12.1 Å². The lowest BCUT2D eigenvalue weighted by Gasteiger charge is -2.17. The molecule has 1 heterocycles. The predicted molar refractivity (Wildman–Crippen MR) is 70.7 cm³/mol. The summed E-state index contributed by atoms with van der Waals surface area (Å²) in [6, 6.07) is 4.00. The second kappa shape index (κ2) is 5.48. The van der Waals surface area contributed by atoms with Crippen LogP contribution >= 0.6 is 0 Å². The Bertz CT molecular complexity index is 420. The third-order valence-corrected chi connectivity index (χ3v) is 3.24. The van der Waals surface area contributed by atoms with Crippen molar-refractivity contribution in [1.82, 2.24) is 5.32 Å². The fourth-order valence-corrected chi connectivity index (χ4v) is 2.34. The van der Waals surface area contributed by atoms with Gasteiger partial charge in [0, 0.05) is 12.1 Å². The molecule has 0 saturated heterocycles. The normalized spacial score (nSPS) is 21.3. The Kier molecular flexibility index (Phi) is 3.97. The van der Waals surface area contributed by atoms with Gasteiger partial charge in [0.05, 0.1) is 25.8 Å². The maximum atomic E-state index is 5.88. The minimum Gasteiger partial charge on any atom is -0.496 e. The molecule has 0 radical (unpaired) electrons. The molecule has 1 aliphatic heterocycles. The zero-order chi connectivity index (χ0) is 13.1. The summed E-state index contributed by atoms with van der Waals surface area (Å²) in [7, 11) is 3.32. The van der Waals surface area contributed by atoms with E-state index in [0.29, 0.717) is 0 Å². The lowest BCUT2D eigenvalue weighted by atomic mass is 10.0. The topological polar surface area (TPSA) is 39.7 Å². The van der Waals surface area contributed by atoms with Crippen LogP contribution in [0, 0.1) is 0 Å². The number of methoxy groups -OCH3 is 2. The molecule has 1 aromatic rings. The molecule has 2 rings (SSSR count). The lowest BCUT2D eigenvalue weighted by Crippen LogP contribution is -2.29. The van der Waals surface area contributed by atoms with Crippen molar-refractivity contribution in [2.75, 3.05) is 20.8 Å². The molecule has 1 aliphatic rings. The molecule has 18 heavy (non-hydrogen) atoms. The van der Waals surface area contributed by atoms with Crippen LogP contribution in [0.5, 0.6) is 17.2 Å². The van der Waals surface area contributed by atoms with Crippen LogP contribution in [0.1, 0.15) is 31.9 Å². The molecule has 1 aromatic carbocycles. The maximum absolute atomic E-state index is 5.88. The van der Waals surface area contributed by atoms with E-state index < -0.39 is 0 Å². The zero-order valence-corrected chi connectivity index (χ0v) is 11.4. The van der Waals surface area contributed by atoms with Crippen LogP contribution in [-0.2, 0) is 0 Å². The molecule has 0 amide bonds. The minimum atomic E-state index is 0.104. The Hall–Kier alpha value is -1.42. The van der Waals surface area contributed by atoms with Gasteiger partial charge in [-0.1, -0.05) is 6.92 Å². The largest absolute Gasteiger partial charge is 0.496 e. The highest BCUT2D eigenvalue weighted by Gasteiger charge is 2.34. The van der Waals surface area contributed by atoms with Gasteiger partial charge in [0.25, 0.3) is 0 Å². The van der Waals surface area contributed by atoms with Gasteiger partial charge in [0.2, 0.25) is 0 Å². The highest BCUT2D eigenvalue weighted by atomic mass is 16.5. The van der Waals surface area contributed by atoms with Crippen LogP contribution in [-0.4, -0.2) is 26.9 Å². The molecular weight excluding hydrogens is 230 g/mol. The third kappa shape index (κ3) is 2.25. The molecule has 0 aliphatic carbocycles.